The monoisotopic (exact) mass is 559 g/mol. The van der Waals surface area contributed by atoms with Crippen LogP contribution >= 0.6 is 27.7 Å². The molecule has 2 aromatic carbocycles. The summed E-state index contributed by atoms with van der Waals surface area (Å²) in [5, 5.41) is 10.5. The number of nitrogens with zero attached hydrogens (tertiary/aromatic N) is 3. The summed E-state index contributed by atoms with van der Waals surface area (Å²) in [5.41, 5.74) is 1.32. The second kappa shape index (κ2) is 11.0. The van der Waals surface area contributed by atoms with Crippen molar-refractivity contribution in [2.75, 3.05) is 19.6 Å². The summed E-state index contributed by atoms with van der Waals surface area (Å²) in [6.07, 6.45) is 4.56. The number of rotatable bonds is 7. The lowest BCUT2D eigenvalue weighted by atomic mass is 10.1. The van der Waals surface area contributed by atoms with Gasteiger partial charge in [-0.05, 0) is 76.3 Å². The van der Waals surface area contributed by atoms with Crippen LogP contribution in [0.4, 0.5) is 10.5 Å². The number of thioether (sulfide) groups is 1. The summed E-state index contributed by atoms with van der Waals surface area (Å²) >= 11 is 4.25. The number of hydrogen-bond donors (Lipinski definition) is 0. The normalized spacial score (nSPS) is 17.2. The number of piperidine rings is 1. The Bertz CT molecular complexity index is 1210. The Hall–Kier alpha value is -3.18. The topological polar surface area (TPSA) is 110 Å². The number of benzene rings is 2. The Kier molecular flexibility index (Phi) is 7.86. The van der Waals surface area contributed by atoms with Gasteiger partial charge in [0.2, 0.25) is 5.91 Å². The third-order valence-electron chi connectivity index (χ3n) is 5.65. The van der Waals surface area contributed by atoms with E-state index in [0.29, 0.717) is 34.4 Å². The van der Waals surface area contributed by atoms with Crippen LogP contribution in [0.3, 0.4) is 0 Å². The van der Waals surface area contributed by atoms with Gasteiger partial charge in [0.05, 0.1) is 14.3 Å². The number of non-ortho nitro benzene ring substituents is 1. The minimum absolute atomic E-state index is 0.00733. The van der Waals surface area contributed by atoms with Crippen molar-refractivity contribution >= 4 is 56.5 Å². The zero-order valence-electron chi connectivity index (χ0n) is 18.6. The molecule has 4 rings (SSSR count). The Balaban J connectivity index is 1.40. The van der Waals surface area contributed by atoms with Gasteiger partial charge < -0.3 is 9.64 Å². The van der Waals surface area contributed by atoms with Gasteiger partial charge in [0, 0.05) is 25.2 Å². The molecule has 2 heterocycles. The smallest absolute Gasteiger partial charge is 0.294 e. The molecule has 2 fully saturated rings. The van der Waals surface area contributed by atoms with Crippen LogP contribution in [0, 0.1) is 10.1 Å². The molecular formula is C24H22BrN3O6S. The van der Waals surface area contributed by atoms with Crippen LogP contribution in [0.2, 0.25) is 0 Å². The lowest BCUT2D eigenvalue weighted by Gasteiger charge is -2.27. The van der Waals surface area contributed by atoms with Crippen LogP contribution < -0.4 is 4.74 Å². The minimum atomic E-state index is -0.479. The molecule has 11 heteroatoms. The number of carbonyl (C=O) groups is 3. The highest BCUT2D eigenvalue weighted by Gasteiger charge is 2.37. The van der Waals surface area contributed by atoms with Crippen LogP contribution in [0.25, 0.3) is 6.08 Å². The molecule has 3 amide bonds. The Labute approximate surface area is 214 Å². The summed E-state index contributed by atoms with van der Waals surface area (Å²) in [6, 6.07) is 11.4. The molecule has 2 saturated heterocycles. The molecule has 9 nitrogen and oxygen atoms in total. The van der Waals surface area contributed by atoms with Gasteiger partial charge in [0.1, 0.15) is 18.9 Å². The number of hydrogen-bond acceptors (Lipinski definition) is 7. The van der Waals surface area contributed by atoms with E-state index in [1.54, 1.807) is 41.3 Å². The van der Waals surface area contributed by atoms with E-state index in [0.717, 1.165) is 35.9 Å². The number of nitro groups is 1. The van der Waals surface area contributed by atoms with Crippen molar-refractivity contribution < 1.29 is 24.0 Å². The molecule has 0 aliphatic carbocycles. The van der Waals surface area contributed by atoms with Crippen molar-refractivity contribution in [1.82, 2.24) is 9.80 Å². The van der Waals surface area contributed by atoms with Crippen molar-refractivity contribution in [3.63, 3.8) is 0 Å². The summed E-state index contributed by atoms with van der Waals surface area (Å²) in [6.45, 7) is 1.22. The van der Waals surface area contributed by atoms with Gasteiger partial charge in [-0.3, -0.25) is 29.4 Å². The lowest BCUT2D eigenvalue weighted by Crippen LogP contribution is -2.44. The Morgan fingerprint density at radius 2 is 1.91 bits per heavy atom. The van der Waals surface area contributed by atoms with E-state index in [9.17, 15) is 24.5 Å². The van der Waals surface area contributed by atoms with Crippen molar-refractivity contribution in [2.45, 2.75) is 25.9 Å². The van der Waals surface area contributed by atoms with Gasteiger partial charge in [0.15, 0.2) is 0 Å². The van der Waals surface area contributed by atoms with Crippen LogP contribution in [0.5, 0.6) is 5.75 Å². The summed E-state index contributed by atoms with van der Waals surface area (Å²) < 4.78 is 6.39. The number of amides is 3. The van der Waals surface area contributed by atoms with Gasteiger partial charge in [-0.2, -0.15) is 0 Å². The molecule has 2 aromatic rings. The molecule has 0 atom stereocenters. The number of nitro benzene ring substituents is 1. The highest BCUT2D eigenvalue weighted by atomic mass is 79.9. The summed E-state index contributed by atoms with van der Waals surface area (Å²) in [5.74, 6) is -0.164. The average molecular weight is 560 g/mol. The van der Waals surface area contributed by atoms with Crippen LogP contribution in [-0.4, -0.2) is 51.4 Å². The van der Waals surface area contributed by atoms with E-state index >= 15 is 0 Å². The van der Waals surface area contributed by atoms with Crippen LogP contribution in [0.15, 0.2) is 51.8 Å². The number of likely N-dealkylation sites (tertiary alicyclic amines) is 1. The Morgan fingerprint density at radius 3 is 2.63 bits per heavy atom. The van der Waals surface area contributed by atoms with Crippen molar-refractivity contribution in [3.05, 3.63) is 73.1 Å². The SMILES string of the molecule is O=C(CN1C(=O)S/C(=C\c2ccc(OCc3cccc([N+](=O)[O-])c3)c(Br)c2)C1=O)N1CCCCC1. The fourth-order valence-electron chi connectivity index (χ4n) is 3.81. The highest BCUT2D eigenvalue weighted by molar-refractivity contribution is 9.10. The first-order valence-corrected chi connectivity index (χ1v) is 12.6. The molecule has 0 spiro atoms. The van der Waals surface area contributed by atoms with Gasteiger partial charge >= 0.3 is 0 Å². The van der Waals surface area contributed by atoms with E-state index in [4.69, 9.17) is 4.74 Å². The number of carbonyl (C=O) groups excluding carboxylic acids is 3. The molecule has 2 aliphatic heterocycles. The minimum Gasteiger partial charge on any atom is -0.488 e. The molecule has 0 radical (unpaired) electrons. The zero-order chi connectivity index (χ0) is 24.9. The number of imide groups is 1. The fraction of sp³-hybridized carbons (Fsp3) is 0.292. The molecular weight excluding hydrogens is 538 g/mol. The number of ether oxygens (including phenoxy) is 1. The number of halogens is 1. The average Bonchev–Trinajstić information content (AvgIpc) is 3.11. The predicted molar refractivity (Wildman–Crippen MR) is 135 cm³/mol. The first-order valence-electron chi connectivity index (χ1n) is 11.0. The zero-order valence-corrected chi connectivity index (χ0v) is 21.0. The quantitative estimate of drug-likeness (QED) is 0.267. The largest absolute Gasteiger partial charge is 0.488 e. The van der Waals surface area contributed by atoms with E-state index in [-0.39, 0.29) is 29.7 Å². The van der Waals surface area contributed by atoms with Gasteiger partial charge in [-0.25, -0.2) is 0 Å². The van der Waals surface area contributed by atoms with Crippen molar-refractivity contribution in [3.8, 4) is 5.75 Å². The molecule has 0 saturated carbocycles. The summed E-state index contributed by atoms with van der Waals surface area (Å²) in [4.78, 5) is 51.1. The highest BCUT2D eigenvalue weighted by Crippen LogP contribution is 2.34. The van der Waals surface area contributed by atoms with Gasteiger partial charge in [0.25, 0.3) is 16.8 Å². The molecule has 182 valence electrons. The Morgan fingerprint density at radius 1 is 1.14 bits per heavy atom. The maximum Gasteiger partial charge on any atom is 0.294 e. The molecule has 0 unspecified atom stereocenters. The van der Waals surface area contributed by atoms with Crippen molar-refractivity contribution in [1.29, 1.82) is 0 Å². The third kappa shape index (κ3) is 6.09. The standard InChI is InChI=1S/C24H22BrN3O6S/c25-19-12-16(7-8-20(19)34-15-17-5-4-6-18(11-17)28(32)33)13-21-23(30)27(24(31)35-21)14-22(29)26-9-2-1-3-10-26/h4-8,11-13H,1-3,9-10,14-15H2/b21-13-. The second-order valence-electron chi connectivity index (χ2n) is 8.11. The molecule has 35 heavy (non-hydrogen) atoms. The van der Waals surface area contributed by atoms with Gasteiger partial charge in [-0.15, -0.1) is 0 Å². The molecule has 2 aliphatic rings. The van der Waals surface area contributed by atoms with E-state index in [2.05, 4.69) is 15.9 Å². The lowest BCUT2D eigenvalue weighted by molar-refractivity contribution is -0.384. The maximum absolute atomic E-state index is 12.8. The first kappa shape index (κ1) is 24.9. The molecule has 0 bridgehead atoms. The van der Waals surface area contributed by atoms with E-state index in [1.807, 2.05) is 0 Å². The fourth-order valence-corrected chi connectivity index (χ4v) is 5.16. The van der Waals surface area contributed by atoms with E-state index in [1.165, 1.54) is 12.1 Å². The van der Waals surface area contributed by atoms with Crippen molar-refractivity contribution in [2.24, 2.45) is 0 Å². The third-order valence-corrected chi connectivity index (χ3v) is 7.17. The predicted octanol–water partition coefficient (Wildman–Crippen LogP) is 4.99. The van der Waals surface area contributed by atoms with Crippen LogP contribution in [-0.2, 0) is 16.2 Å². The van der Waals surface area contributed by atoms with E-state index < -0.39 is 16.1 Å². The van der Waals surface area contributed by atoms with Crippen LogP contribution in [0.1, 0.15) is 30.4 Å². The first-order chi connectivity index (χ1) is 16.8. The maximum atomic E-state index is 12.8. The molecule has 0 aromatic heterocycles. The second-order valence-corrected chi connectivity index (χ2v) is 9.96. The molecule has 0 N–H and O–H groups in total. The summed E-state index contributed by atoms with van der Waals surface area (Å²) in [7, 11) is 0. The van der Waals surface area contributed by atoms with Gasteiger partial charge in [-0.1, -0.05) is 18.2 Å².